The summed E-state index contributed by atoms with van der Waals surface area (Å²) in [6.07, 6.45) is 2.29. The number of hydrogen-bond acceptors (Lipinski definition) is 2. The molecular formula is C11H22N2OS. The first-order chi connectivity index (χ1) is 7.01. The monoisotopic (exact) mass is 230 g/mol. The fourth-order valence-corrected chi connectivity index (χ4v) is 1.37. The Hall–Kier alpha value is -0.640. The fourth-order valence-electron chi connectivity index (χ4n) is 1.28. The molecule has 15 heavy (non-hydrogen) atoms. The second-order valence-electron chi connectivity index (χ2n) is 3.91. The maximum Gasteiger partial charge on any atom is 0.222 e. The Balaban J connectivity index is 4.04. The molecule has 0 rings (SSSR count). The van der Waals surface area contributed by atoms with Gasteiger partial charge in [0.25, 0.3) is 0 Å². The molecule has 0 heterocycles. The van der Waals surface area contributed by atoms with Gasteiger partial charge in [0.05, 0.1) is 4.99 Å². The molecule has 0 radical (unpaired) electrons. The third kappa shape index (κ3) is 6.44. The highest BCUT2D eigenvalue weighted by Gasteiger charge is 2.14. The van der Waals surface area contributed by atoms with Crippen LogP contribution >= 0.6 is 12.2 Å². The van der Waals surface area contributed by atoms with Crippen LogP contribution in [0.1, 0.15) is 40.0 Å². The van der Waals surface area contributed by atoms with Gasteiger partial charge in [-0.05, 0) is 12.8 Å². The molecule has 0 aromatic heterocycles. The van der Waals surface area contributed by atoms with E-state index in [1.54, 1.807) is 0 Å². The Morgan fingerprint density at radius 3 is 2.47 bits per heavy atom. The lowest BCUT2D eigenvalue weighted by Gasteiger charge is -2.22. The summed E-state index contributed by atoms with van der Waals surface area (Å²) in [5.41, 5.74) is 5.42. The van der Waals surface area contributed by atoms with Gasteiger partial charge in [-0.2, -0.15) is 0 Å². The van der Waals surface area contributed by atoms with Crippen LogP contribution in [0.4, 0.5) is 0 Å². The third-order valence-corrected chi connectivity index (χ3v) is 2.79. The van der Waals surface area contributed by atoms with Gasteiger partial charge in [0, 0.05) is 25.9 Å². The molecule has 0 aliphatic carbocycles. The molecule has 0 fully saturated rings. The molecule has 0 saturated carbocycles. The zero-order chi connectivity index (χ0) is 11.8. The summed E-state index contributed by atoms with van der Waals surface area (Å²) in [7, 11) is 0. The number of amides is 1. The minimum atomic E-state index is 0.211. The Kier molecular flexibility index (Phi) is 7.30. The second kappa shape index (κ2) is 7.63. The summed E-state index contributed by atoms with van der Waals surface area (Å²) >= 11 is 4.80. The van der Waals surface area contributed by atoms with Crippen LogP contribution in [0.2, 0.25) is 0 Å². The Morgan fingerprint density at radius 1 is 1.47 bits per heavy atom. The molecule has 1 atom stereocenters. The van der Waals surface area contributed by atoms with Crippen LogP contribution in [0.5, 0.6) is 0 Å². The normalized spacial score (nSPS) is 12.2. The van der Waals surface area contributed by atoms with Crippen molar-refractivity contribution in [1.82, 2.24) is 4.90 Å². The number of carbonyl (C=O) groups excluding carboxylic acids is 1. The Labute approximate surface area is 98.0 Å². The highest BCUT2D eigenvalue weighted by Crippen LogP contribution is 2.09. The molecule has 1 amide bonds. The van der Waals surface area contributed by atoms with Gasteiger partial charge in [0.1, 0.15) is 0 Å². The van der Waals surface area contributed by atoms with Crippen molar-refractivity contribution in [3.05, 3.63) is 0 Å². The van der Waals surface area contributed by atoms with Crippen molar-refractivity contribution in [3.8, 4) is 0 Å². The first kappa shape index (κ1) is 14.4. The number of nitrogens with zero attached hydrogens (tertiary/aromatic N) is 1. The molecular weight excluding hydrogens is 208 g/mol. The number of rotatable bonds is 7. The molecule has 4 heteroatoms. The maximum absolute atomic E-state index is 11.8. The van der Waals surface area contributed by atoms with Gasteiger partial charge in [0.2, 0.25) is 5.91 Å². The molecule has 0 saturated heterocycles. The molecule has 0 bridgehead atoms. The van der Waals surface area contributed by atoms with Crippen molar-refractivity contribution in [2.24, 2.45) is 11.7 Å². The average Bonchev–Trinajstić information content (AvgIpc) is 2.18. The first-order valence-electron chi connectivity index (χ1n) is 5.57. The van der Waals surface area contributed by atoms with Crippen molar-refractivity contribution in [1.29, 1.82) is 0 Å². The van der Waals surface area contributed by atoms with E-state index in [1.165, 1.54) is 0 Å². The molecule has 0 aliphatic heterocycles. The quantitative estimate of drug-likeness (QED) is 0.680. The summed E-state index contributed by atoms with van der Waals surface area (Å²) in [5, 5.41) is 0. The van der Waals surface area contributed by atoms with Crippen LogP contribution < -0.4 is 5.73 Å². The van der Waals surface area contributed by atoms with Gasteiger partial charge in [-0.1, -0.05) is 32.5 Å². The van der Waals surface area contributed by atoms with Crippen molar-refractivity contribution in [3.63, 3.8) is 0 Å². The molecule has 3 nitrogen and oxygen atoms in total. The zero-order valence-electron chi connectivity index (χ0n) is 9.95. The van der Waals surface area contributed by atoms with Gasteiger partial charge in [-0.3, -0.25) is 4.79 Å². The topological polar surface area (TPSA) is 46.3 Å². The predicted molar refractivity (Wildman–Crippen MR) is 67.7 cm³/mol. The summed E-state index contributed by atoms with van der Waals surface area (Å²) in [4.78, 5) is 14.1. The van der Waals surface area contributed by atoms with E-state index in [4.69, 9.17) is 18.0 Å². The van der Waals surface area contributed by atoms with Crippen molar-refractivity contribution in [2.75, 3.05) is 13.1 Å². The zero-order valence-corrected chi connectivity index (χ0v) is 10.8. The van der Waals surface area contributed by atoms with Crippen molar-refractivity contribution in [2.45, 2.75) is 40.0 Å². The Bertz CT molecular complexity index is 219. The van der Waals surface area contributed by atoms with Crippen LogP contribution in [0.25, 0.3) is 0 Å². The molecule has 0 aliphatic rings. The number of carbonyl (C=O) groups is 1. The van der Waals surface area contributed by atoms with E-state index in [1.807, 2.05) is 11.8 Å². The lowest BCUT2D eigenvalue weighted by molar-refractivity contribution is -0.131. The van der Waals surface area contributed by atoms with Gasteiger partial charge in [0.15, 0.2) is 0 Å². The van der Waals surface area contributed by atoms with Crippen LogP contribution in [-0.2, 0) is 4.79 Å². The lowest BCUT2D eigenvalue weighted by Crippen LogP contribution is -2.34. The molecule has 0 spiro atoms. The van der Waals surface area contributed by atoms with Crippen molar-refractivity contribution < 1.29 is 4.79 Å². The first-order valence-corrected chi connectivity index (χ1v) is 5.98. The Morgan fingerprint density at radius 2 is 2.07 bits per heavy atom. The third-order valence-electron chi connectivity index (χ3n) is 2.58. The van der Waals surface area contributed by atoms with E-state index in [2.05, 4.69) is 13.8 Å². The van der Waals surface area contributed by atoms with Crippen LogP contribution in [-0.4, -0.2) is 28.9 Å². The number of thiocarbonyl (C=S) groups is 1. The van der Waals surface area contributed by atoms with Crippen LogP contribution in [0.3, 0.4) is 0 Å². The minimum Gasteiger partial charge on any atom is -0.393 e. The largest absolute Gasteiger partial charge is 0.393 e. The van der Waals surface area contributed by atoms with Gasteiger partial charge < -0.3 is 10.6 Å². The van der Waals surface area contributed by atoms with E-state index in [9.17, 15) is 4.79 Å². The summed E-state index contributed by atoms with van der Waals surface area (Å²) in [6, 6.07) is 0. The number of nitrogens with two attached hydrogens (primary N) is 1. The predicted octanol–water partition coefficient (Wildman–Crippen LogP) is 1.95. The summed E-state index contributed by atoms with van der Waals surface area (Å²) < 4.78 is 0. The van der Waals surface area contributed by atoms with E-state index in [0.717, 1.165) is 13.0 Å². The lowest BCUT2D eigenvalue weighted by atomic mass is 10.0. The highest BCUT2D eigenvalue weighted by molar-refractivity contribution is 7.80. The highest BCUT2D eigenvalue weighted by atomic mass is 32.1. The van der Waals surface area contributed by atoms with E-state index in [-0.39, 0.29) is 5.91 Å². The molecule has 1 unspecified atom stereocenters. The van der Waals surface area contributed by atoms with Gasteiger partial charge in [-0.25, -0.2) is 0 Å². The standard InChI is InChI=1S/C11H22N2OS/c1-4-9(3)8-11(14)13(5-2)7-6-10(12)15/h9H,4-8H2,1-3H3,(H2,12,15). The molecule has 2 N–H and O–H groups in total. The summed E-state index contributed by atoms with van der Waals surface area (Å²) in [5.74, 6) is 0.666. The SMILES string of the molecule is CCC(C)CC(=O)N(CC)CCC(N)=S. The van der Waals surface area contributed by atoms with Crippen molar-refractivity contribution >= 4 is 23.1 Å². The van der Waals surface area contributed by atoms with Gasteiger partial charge >= 0.3 is 0 Å². The number of hydrogen-bond donors (Lipinski definition) is 1. The van der Waals surface area contributed by atoms with E-state index in [0.29, 0.717) is 30.3 Å². The van der Waals surface area contributed by atoms with Crippen LogP contribution in [0, 0.1) is 5.92 Å². The smallest absolute Gasteiger partial charge is 0.222 e. The fraction of sp³-hybridized carbons (Fsp3) is 0.818. The average molecular weight is 230 g/mol. The molecule has 88 valence electrons. The second-order valence-corrected chi connectivity index (χ2v) is 4.43. The van der Waals surface area contributed by atoms with Gasteiger partial charge in [-0.15, -0.1) is 0 Å². The maximum atomic E-state index is 11.8. The van der Waals surface area contributed by atoms with E-state index >= 15 is 0 Å². The molecule has 0 aromatic rings. The molecule has 0 aromatic carbocycles. The van der Waals surface area contributed by atoms with Crippen LogP contribution in [0.15, 0.2) is 0 Å². The minimum absolute atomic E-state index is 0.211. The van der Waals surface area contributed by atoms with E-state index < -0.39 is 0 Å². The summed E-state index contributed by atoms with van der Waals surface area (Å²) in [6.45, 7) is 7.57.